The summed E-state index contributed by atoms with van der Waals surface area (Å²) in [4.78, 5) is 24.8. The van der Waals surface area contributed by atoms with E-state index in [1.54, 1.807) is 6.08 Å². The summed E-state index contributed by atoms with van der Waals surface area (Å²) in [6.45, 7) is 1.02. The van der Waals surface area contributed by atoms with Crippen LogP contribution < -0.4 is 4.74 Å². The molecule has 1 N–H and O–H groups in total. The molecule has 0 bridgehead atoms. The Morgan fingerprint density at radius 1 is 1.38 bits per heavy atom. The summed E-state index contributed by atoms with van der Waals surface area (Å²) in [7, 11) is 0. The zero-order valence-corrected chi connectivity index (χ0v) is 14.3. The van der Waals surface area contributed by atoms with Crippen LogP contribution in [0.2, 0.25) is 0 Å². The number of para-hydroxylation sites is 1. The lowest BCUT2D eigenvalue weighted by Crippen LogP contribution is -2.51. The number of carbonyl (C=O) groups is 2. The van der Waals surface area contributed by atoms with E-state index in [1.807, 2.05) is 35.0 Å². The molecule has 5 rings (SSSR count). The highest BCUT2D eigenvalue weighted by atomic mass is 32.2. The molecule has 0 aliphatic carbocycles. The van der Waals surface area contributed by atoms with Gasteiger partial charge in [-0.3, -0.25) is 14.4 Å². The molecule has 8 heteroatoms. The number of ether oxygens (including phenoxy) is 1. The molecule has 4 heterocycles. The molecule has 2 aromatic rings. The van der Waals surface area contributed by atoms with E-state index in [4.69, 9.17) is 9.84 Å². The second kappa shape index (κ2) is 5.50. The van der Waals surface area contributed by atoms with E-state index < -0.39 is 5.97 Å². The number of hydrogen-bond donors (Lipinski definition) is 1. The third kappa shape index (κ3) is 2.19. The monoisotopic (exact) mass is 367 g/mol. The van der Waals surface area contributed by atoms with Crippen LogP contribution in [0.5, 0.6) is 5.75 Å². The van der Waals surface area contributed by atoms with Crippen molar-refractivity contribution in [1.29, 1.82) is 0 Å². The van der Waals surface area contributed by atoms with Crippen LogP contribution in [0.4, 0.5) is 0 Å². The van der Waals surface area contributed by atoms with Gasteiger partial charge in [-0.15, -0.1) is 11.8 Å². The SMILES string of the molecule is O=C(O)C1=CSC2C(=Cc3cc4n(n3)Cc3ccccc3OC4)C(=O)N12. The van der Waals surface area contributed by atoms with Crippen molar-refractivity contribution in [3.05, 3.63) is 64.0 Å². The number of carboxylic acid groups (broad SMARTS) is 1. The van der Waals surface area contributed by atoms with Gasteiger partial charge in [0.05, 0.1) is 23.5 Å². The minimum Gasteiger partial charge on any atom is -0.487 e. The van der Waals surface area contributed by atoms with Crippen molar-refractivity contribution >= 4 is 29.7 Å². The van der Waals surface area contributed by atoms with Crippen molar-refractivity contribution in [3.8, 4) is 5.75 Å². The molecule has 1 aromatic carbocycles. The maximum Gasteiger partial charge on any atom is 0.353 e. The van der Waals surface area contributed by atoms with Crippen molar-refractivity contribution in [2.75, 3.05) is 0 Å². The number of carbonyl (C=O) groups excluding carboxylic acids is 1. The molecule has 0 spiro atoms. The number of carboxylic acids is 1. The van der Waals surface area contributed by atoms with Crippen LogP contribution in [0.15, 0.2) is 47.0 Å². The fourth-order valence-corrected chi connectivity index (χ4v) is 4.43. The summed E-state index contributed by atoms with van der Waals surface area (Å²) in [5.41, 5.74) is 3.27. The van der Waals surface area contributed by atoms with Crippen LogP contribution in [-0.2, 0) is 22.7 Å². The fourth-order valence-electron chi connectivity index (χ4n) is 3.32. The fraction of sp³-hybridized carbons (Fsp3) is 0.167. The number of thioether (sulfide) groups is 1. The molecule has 0 radical (unpaired) electrons. The van der Waals surface area contributed by atoms with Crippen LogP contribution >= 0.6 is 11.8 Å². The first-order valence-electron chi connectivity index (χ1n) is 8.03. The van der Waals surface area contributed by atoms with E-state index in [0.717, 1.165) is 17.0 Å². The number of amides is 1. The lowest BCUT2D eigenvalue weighted by atomic mass is 10.0. The van der Waals surface area contributed by atoms with E-state index in [-0.39, 0.29) is 17.0 Å². The van der Waals surface area contributed by atoms with Crippen molar-refractivity contribution in [2.24, 2.45) is 0 Å². The van der Waals surface area contributed by atoms with Crippen LogP contribution in [0.1, 0.15) is 17.0 Å². The van der Waals surface area contributed by atoms with Crippen molar-refractivity contribution in [3.63, 3.8) is 0 Å². The van der Waals surface area contributed by atoms with Gasteiger partial charge in [0.25, 0.3) is 5.91 Å². The summed E-state index contributed by atoms with van der Waals surface area (Å²) in [6.07, 6.45) is 1.74. The van der Waals surface area contributed by atoms with Crippen molar-refractivity contribution in [1.82, 2.24) is 14.7 Å². The van der Waals surface area contributed by atoms with Gasteiger partial charge < -0.3 is 9.84 Å². The zero-order chi connectivity index (χ0) is 17.8. The predicted molar refractivity (Wildman–Crippen MR) is 94.0 cm³/mol. The molecule has 1 saturated heterocycles. The number of rotatable bonds is 2. The van der Waals surface area contributed by atoms with Gasteiger partial charge in [-0.2, -0.15) is 5.10 Å². The Morgan fingerprint density at radius 3 is 3.08 bits per heavy atom. The number of nitrogens with zero attached hydrogens (tertiary/aromatic N) is 3. The number of aliphatic carboxylic acids is 1. The number of benzene rings is 1. The minimum absolute atomic E-state index is 0.0350. The Balaban J connectivity index is 1.42. The molecule has 130 valence electrons. The minimum atomic E-state index is -1.09. The van der Waals surface area contributed by atoms with E-state index in [2.05, 4.69) is 5.10 Å². The van der Waals surface area contributed by atoms with Crippen molar-refractivity contribution < 1.29 is 19.4 Å². The first kappa shape index (κ1) is 15.3. The molecule has 3 aliphatic rings. The third-order valence-corrected chi connectivity index (χ3v) is 5.69. The number of hydrogen-bond acceptors (Lipinski definition) is 5. The molecule has 1 atom stereocenters. The normalized spacial score (nSPS) is 21.9. The van der Waals surface area contributed by atoms with Crippen LogP contribution in [0, 0.1) is 0 Å². The van der Waals surface area contributed by atoms with Gasteiger partial charge in [0, 0.05) is 11.0 Å². The standard InChI is InChI=1S/C18H13N3O4S/c22-16-13(17-21(16)14(9-26-17)18(23)24)6-11-5-12-8-25-15-4-2-1-3-10(15)7-20(12)19-11/h1-6,9,17H,7-8H2,(H,23,24). The molecule has 1 unspecified atom stereocenters. The summed E-state index contributed by atoms with van der Waals surface area (Å²) >= 11 is 1.32. The van der Waals surface area contributed by atoms with Gasteiger partial charge in [-0.1, -0.05) is 18.2 Å². The molecular weight excluding hydrogens is 354 g/mol. The van der Waals surface area contributed by atoms with Gasteiger partial charge in [0.2, 0.25) is 0 Å². The third-order valence-electron chi connectivity index (χ3n) is 4.61. The molecular formula is C18H13N3O4S. The Labute approximate surface area is 152 Å². The predicted octanol–water partition coefficient (Wildman–Crippen LogP) is 2.05. The highest BCUT2D eigenvalue weighted by Crippen LogP contribution is 2.45. The molecule has 3 aliphatic heterocycles. The van der Waals surface area contributed by atoms with E-state index in [1.165, 1.54) is 22.1 Å². The maximum absolute atomic E-state index is 12.3. The zero-order valence-electron chi connectivity index (χ0n) is 13.5. The highest BCUT2D eigenvalue weighted by Gasteiger charge is 2.49. The largest absolute Gasteiger partial charge is 0.487 e. The molecule has 7 nitrogen and oxygen atoms in total. The van der Waals surface area contributed by atoms with Gasteiger partial charge in [0.1, 0.15) is 23.4 Å². The summed E-state index contributed by atoms with van der Waals surface area (Å²) in [5, 5.41) is 14.9. The Hall–Kier alpha value is -3.00. The summed E-state index contributed by atoms with van der Waals surface area (Å²) in [6, 6.07) is 9.75. The first-order chi connectivity index (χ1) is 12.6. The van der Waals surface area contributed by atoms with Gasteiger partial charge >= 0.3 is 5.97 Å². The lowest BCUT2D eigenvalue weighted by Gasteiger charge is -2.36. The second-order valence-corrected chi connectivity index (χ2v) is 7.14. The molecule has 0 saturated carbocycles. The van der Waals surface area contributed by atoms with E-state index in [9.17, 15) is 9.59 Å². The molecule has 1 amide bonds. The number of aromatic nitrogens is 2. The van der Waals surface area contributed by atoms with E-state index >= 15 is 0 Å². The van der Waals surface area contributed by atoms with Crippen LogP contribution in [0.3, 0.4) is 0 Å². The van der Waals surface area contributed by atoms with Gasteiger partial charge in [-0.05, 0) is 18.2 Å². The Bertz CT molecular complexity index is 1020. The quantitative estimate of drug-likeness (QED) is 0.646. The number of β-lactam (4-membered cyclic amide) rings is 1. The highest BCUT2D eigenvalue weighted by molar-refractivity contribution is 8.03. The molecule has 26 heavy (non-hydrogen) atoms. The van der Waals surface area contributed by atoms with E-state index in [0.29, 0.717) is 24.4 Å². The number of fused-ring (bicyclic) bond motifs is 3. The topological polar surface area (TPSA) is 84.7 Å². The van der Waals surface area contributed by atoms with Crippen LogP contribution in [-0.4, -0.2) is 37.0 Å². The summed E-state index contributed by atoms with van der Waals surface area (Å²) in [5.74, 6) is -0.507. The Kier molecular flexibility index (Phi) is 3.23. The maximum atomic E-state index is 12.3. The van der Waals surface area contributed by atoms with Crippen LogP contribution in [0.25, 0.3) is 6.08 Å². The average Bonchev–Trinajstić information content (AvgIpc) is 3.16. The second-order valence-electron chi connectivity index (χ2n) is 6.19. The molecule has 1 fully saturated rings. The summed E-state index contributed by atoms with van der Waals surface area (Å²) < 4.78 is 7.71. The average molecular weight is 367 g/mol. The lowest BCUT2D eigenvalue weighted by molar-refractivity contribution is -0.141. The smallest absolute Gasteiger partial charge is 0.353 e. The Morgan fingerprint density at radius 2 is 2.23 bits per heavy atom. The molecule has 1 aromatic heterocycles. The first-order valence-corrected chi connectivity index (χ1v) is 8.97. The van der Waals surface area contributed by atoms with Gasteiger partial charge in [0.15, 0.2) is 0 Å². The van der Waals surface area contributed by atoms with Crippen molar-refractivity contribution in [2.45, 2.75) is 18.5 Å². The van der Waals surface area contributed by atoms with Gasteiger partial charge in [-0.25, -0.2) is 4.79 Å².